The molecule has 0 unspecified atom stereocenters. The molecule has 2 aromatic heterocycles. The average molecular weight is 431 g/mol. The highest BCUT2D eigenvalue weighted by Crippen LogP contribution is 2.25. The normalized spacial score (nSPS) is 10.7. The van der Waals surface area contributed by atoms with Gasteiger partial charge in [0.25, 0.3) is 11.6 Å². The Bertz CT molecular complexity index is 1260. The van der Waals surface area contributed by atoms with E-state index in [1.54, 1.807) is 24.4 Å². The maximum absolute atomic E-state index is 14.3. The number of rotatable bonds is 7. The van der Waals surface area contributed by atoms with Crippen LogP contribution in [0.2, 0.25) is 0 Å². The molecule has 2 heterocycles. The van der Waals surface area contributed by atoms with Gasteiger partial charge in [0.15, 0.2) is 0 Å². The lowest BCUT2D eigenvalue weighted by Crippen LogP contribution is -2.28. The number of carbonyl (C=O) groups excluding carboxylic acids is 1. The fraction of sp³-hybridized carbons (Fsp3) is 0.0870. The van der Waals surface area contributed by atoms with E-state index < -0.39 is 16.6 Å². The minimum Gasteiger partial charge on any atom is -0.350 e. The van der Waals surface area contributed by atoms with E-state index in [4.69, 9.17) is 0 Å². The van der Waals surface area contributed by atoms with Gasteiger partial charge >= 0.3 is 0 Å². The van der Waals surface area contributed by atoms with Crippen molar-refractivity contribution in [2.45, 2.75) is 6.42 Å². The Hall–Kier alpha value is -4.40. The van der Waals surface area contributed by atoms with Gasteiger partial charge < -0.3 is 5.32 Å². The Labute approximate surface area is 182 Å². The van der Waals surface area contributed by atoms with Crippen molar-refractivity contribution >= 4 is 11.6 Å². The summed E-state index contributed by atoms with van der Waals surface area (Å²) in [6.45, 7) is 0.344. The first kappa shape index (κ1) is 20.9. The third kappa shape index (κ3) is 4.51. The lowest BCUT2D eigenvalue weighted by Gasteiger charge is -2.08. The van der Waals surface area contributed by atoms with Crippen molar-refractivity contribution in [1.29, 1.82) is 0 Å². The molecule has 1 N–H and O–H groups in total. The SMILES string of the molecule is O=C(NCCc1ccccn1)c1cc(-c2ccccc2F)nn1-c1ccc([N+](=O)[O-])cc1. The second-order valence-corrected chi connectivity index (χ2v) is 6.91. The van der Waals surface area contributed by atoms with Crippen LogP contribution in [-0.2, 0) is 6.42 Å². The van der Waals surface area contributed by atoms with Gasteiger partial charge in [0.2, 0.25) is 0 Å². The standard InChI is InChI=1S/C23H18FN5O3/c24-20-7-2-1-6-19(20)21-15-22(23(30)26-14-12-16-5-3-4-13-25-16)28(27-21)17-8-10-18(11-9-17)29(31)32/h1-11,13,15H,12,14H2,(H,26,30). The predicted octanol–water partition coefficient (Wildman–Crippen LogP) is 3.95. The van der Waals surface area contributed by atoms with Gasteiger partial charge in [-0.05, 0) is 42.5 Å². The number of hydrogen-bond donors (Lipinski definition) is 1. The van der Waals surface area contributed by atoms with Gasteiger partial charge in [-0.15, -0.1) is 0 Å². The van der Waals surface area contributed by atoms with E-state index in [-0.39, 0.29) is 22.6 Å². The van der Waals surface area contributed by atoms with Crippen molar-refractivity contribution in [1.82, 2.24) is 20.1 Å². The molecule has 0 saturated heterocycles. The molecule has 0 aliphatic rings. The van der Waals surface area contributed by atoms with Crippen molar-refractivity contribution < 1.29 is 14.1 Å². The van der Waals surface area contributed by atoms with Crippen LogP contribution in [0.25, 0.3) is 16.9 Å². The number of nitrogens with zero attached hydrogens (tertiary/aromatic N) is 4. The molecule has 0 atom stereocenters. The first-order valence-electron chi connectivity index (χ1n) is 9.81. The van der Waals surface area contributed by atoms with Gasteiger partial charge in [-0.25, -0.2) is 9.07 Å². The van der Waals surface area contributed by atoms with Crippen LogP contribution in [0.1, 0.15) is 16.2 Å². The lowest BCUT2D eigenvalue weighted by molar-refractivity contribution is -0.384. The van der Waals surface area contributed by atoms with Crippen LogP contribution in [0.5, 0.6) is 0 Å². The molecule has 8 nitrogen and oxygen atoms in total. The Morgan fingerprint density at radius 3 is 2.50 bits per heavy atom. The zero-order chi connectivity index (χ0) is 22.5. The number of nitro benzene ring substituents is 1. The van der Waals surface area contributed by atoms with Gasteiger partial charge in [-0.3, -0.25) is 19.9 Å². The predicted molar refractivity (Wildman–Crippen MR) is 116 cm³/mol. The number of nitro groups is 1. The van der Waals surface area contributed by atoms with Crippen LogP contribution in [0, 0.1) is 15.9 Å². The van der Waals surface area contributed by atoms with Gasteiger partial charge in [-0.1, -0.05) is 18.2 Å². The molecule has 160 valence electrons. The summed E-state index contributed by atoms with van der Waals surface area (Å²) in [7, 11) is 0. The van der Waals surface area contributed by atoms with Crippen LogP contribution >= 0.6 is 0 Å². The third-order valence-corrected chi connectivity index (χ3v) is 4.79. The highest BCUT2D eigenvalue weighted by molar-refractivity contribution is 5.94. The maximum Gasteiger partial charge on any atom is 0.270 e. The van der Waals surface area contributed by atoms with Crippen molar-refractivity contribution in [2.24, 2.45) is 0 Å². The topological polar surface area (TPSA) is 103 Å². The summed E-state index contributed by atoms with van der Waals surface area (Å²) in [6.07, 6.45) is 2.22. The summed E-state index contributed by atoms with van der Waals surface area (Å²) < 4.78 is 15.7. The van der Waals surface area contributed by atoms with E-state index in [2.05, 4.69) is 15.4 Å². The van der Waals surface area contributed by atoms with Crippen molar-refractivity contribution in [3.63, 3.8) is 0 Å². The van der Waals surface area contributed by atoms with Gasteiger partial charge in [0.05, 0.1) is 16.3 Å². The molecule has 4 rings (SSSR count). The van der Waals surface area contributed by atoms with E-state index in [0.717, 1.165) is 5.69 Å². The number of amides is 1. The first-order chi connectivity index (χ1) is 15.5. The highest BCUT2D eigenvalue weighted by Gasteiger charge is 2.19. The number of carbonyl (C=O) groups is 1. The van der Waals surface area contributed by atoms with Crippen molar-refractivity contribution in [2.75, 3.05) is 6.54 Å². The average Bonchev–Trinajstić information content (AvgIpc) is 3.25. The molecule has 9 heteroatoms. The Morgan fingerprint density at radius 2 is 1.81 bits per heavy atom. The molecular weight excluding hydrogens is 413 g/mol. The maximum atomic E-state index is 14.3. The summed E-state index contributed by atoms with van der Waals surface area (Å²) >= 11 is 0. The third-order valence-electron chi connectivity index (χ3n) is 4.79. The molecule has 0 aliphatic heterocycles. The number of benzene rings is 2. The Kier molecular flexibility index (Phi) is 5.98. The molecule has 1 amide bonds. The number of non-ortho nitro benzene ring substituents is 1. The molecule has 0 spiro atoms. The number of halogens is 1. The van der Waals surface area contributed by atoms with E-state index in [1.165, 1.54) is 41.1 Å². The summed E-state index contributed by atoms with van der Waals surface area (Å²) in [5, 5.41) is 18.2. The van der Waals surface area contributed by atoms with Gasteiger partial charge in [0.1, 0.15) is 11.5 Å². The number of nitrogens with one attached hydrogen (secondary N) is 1. The van der Waals surface area contributed by atoms with Gasteiger partial charge in [-0.2, -0.15) is 5.10 Å². The first-order valence-corrected chi connectivity index (χ1v) is 9.81. The number of aromatic nitrogens is 3. The smallest absolute Gasteiger partial charge is 0.270 e. The quantitative estimate of drug-likeness (QED) is 0.353. The summed E-state index contributed by atoms with van der Waals surface area (Å²) in [6, 6.07) is 18.8. The number of hydrogen-bond acceptors (Lipinski definition) is 5. The van der Waals surface area contributed by atoms with Gasteiger partial charge in [0, 0.05) is 42.6 Å². The van der Waals surface area contributed by atoms with Crippen LogP contribution < -0.4 is 5.32 Å². The molecule has 2 aromatic carbocycles. The second-order valence-electron chi connectivity index (χ2n) is 6.91. The van der Waals surface area contributed by atoms with E-state index in [0.29, 0.717) is 18.7 Å². The lowest BCUT2D eigenvalue weighted by atomic mass is 10.1. The molecule has 0 saturated carbocycles. The largest absolute Gasteiger partial charge is 0.350 e. The zero-order valence-electron chi connectivity index (χ0n) is 16.8. The molecule has 0 fully saturated rings. The molecule has 32 heavy (non-hydrogen) atoms. The minimum atomic E-state index is -0.511. The second kappa shape index (κ2) is 9.17. The molecule has 0 bridgehead atoms. The highest BCUT2D eigenvalue weighted by atomic mass is 19.1. The summed E-state index contributed by atoms with van der Waals surface area (Å²) in [5.74, 6) is -0.877. The molecule has 0 radical (unpaired) electrons. The Morgan fingerprint density at radius 1 is 1.06 bits per heavy atom. The molecular formula is C23H18FN5O3. The monoisotopic (exact) mass is 431 g/mol. The van der Waals surface area contributed by atoms with Crippen LogP contribution in [0.4, 0.5) is 10.1 Å². The van der Waals surface area contributed by atoms with Crippen LogP contribution in [-0.4, -0.2) is 32.1 Å². The summed E-state index contributed by atoms with van der Waals surface area (Å²) in [4.78, 5) is 27.6. The molecule has 0 aliphatic carbocycles. The molecule has 4 aromatic rings. The van der Waals surface area contributed by atoms with Crippen LogP contribution in [0.15, 0.2) is 79.0 Å². The summed E-state index contributed by atoms with van der Waals surface area (Å²) in [5.41, 5.74) is 1.89. The Balaban J connectivity index is 1.65. The van der Waals surface area contributed by atoms with Crippen molar-refractivity contribution in [3.05, 3.63) is 106 Å². The van der Waals surface area contributed by atoms with E-state index in [1.807, 2.05) is 18.2 Å². The zero-order valence-corrected chi connectivity index (χ0v) is 16.8. The minimum absolute atomic E-state index is 0.0865. The fourth-order valence-electron chi connectivity index (χ4n) is 3.20. The fourth-order valence-corrected chi connectivity index (χ4v) is 3.20. The number of pyridine rings is 1. The van der Waals surface area contributed by atoms with E-state index in [9.17, 15) is 19.3 Å². The van der Waals surface area contributed by atoms with E-state index >= 15 is 0 Å². The van der Waals surface area contributed by atoms with Crippen LogP contribution in [0.3, 0.4) is 0 Å². The van der Waals surface area contributed by atoms with Crippen molar-refractivity contribution in [3.8, 4) is 16.9 Å².